The normalized spacial score (nSPS) is 11.8. The summed E-state index contributed by atoms with van der Waals surface area (Å²) in [6.07, 6.45) is 3.66. The van der Waals surface area contributed by atoms with Gasteiger partial charge in [0.1, 0.15) is 5.82 Å². The maximum Gasteiger partial charge on any atom is 2.00 e. The monoisotopic (exact) mass is 1030 g/mol. The number of hydrogen-bond donors (Lipinski definition) is 1. The fourth-order valence-electron chi connectivity index (χ4n) is 4.73. The van der Waals surface area contributed by atoms with E-state index in [0.717, 1.165) is 44.2 Å². The number of benzene rings is 4. The Bertz CT molecular complexity index is 2420. The minimum absolute atomic E-state index is 0. The molecule has 252 valence electrons. The van der Waals surface area contributed by atoms with Crippen LogP contribution in [-0.4, -0.2) is 19.3 Å². The van der Waals surface area contributed by atoms with Crippen molar-refractivity contribution in [3.63, 3.8) is 0 Å². The number of rotatable bonds is 9. The second kappa shape index (κ2) is 17.9. The molecular weight excluding hydrogens is 1010 g/mol. The molecule has 0 atom stereocenters. The largest absolute Gasteiger partial charge is 2.00 e. The zero-order valence-electron chi connectivity index (χ0n) is 25.1. The number of para-hydroxylation sites is 2. The molecule has 18 nitrogen and oxygen atoms in total. The molecule has 7 aromatic rings. The molecule has 0 aliphatic heterocycles. The van der Waals surface area contributed by atoms with E-state index in [1.54, 1.807) is 6.20 Å². The van der Waals surface area contributed by atoms with Gasteiger partial charge in [0.05, 0.1) is 11.7 Å². The second-order valence-corrected chi connectivity index (χ2v) is 10.2. The fourth-order valence-corrected chi connectivity index (χ4v) is 4.91. The smallest absolute Gasteiger partial charge is 0.509 e. The first-order valence-electron chi connectivity index (χ1n) is 13.9. The standard InChI is InChI=1S/C30H18N4O.H2N12.O.2Pt/c1-3-12-27-21(8-1)20-32-34(27)22-9-7-10-23(18-22)35-24-15-16-26-25-11-2-4-13-28(25)33(29(26)19-24)30-14-5-6-17-31-30;1-3-5-7-9-11-12-10-8-6-4-2;;;/h1-17,20H;(H2,1,4,5,8,9,12);;;/q-2;;;;+2. The molecule has 0 aliphatic rings. The number of fused-ring (bicyclic) bond motifs is 4. The van der Waals surface area contributed by atoms with Crippen molar-refractivity contribution in [3.8, 4) is 23.0 Å². The summed E-state index contributed by atoms with van der Waals surface area (Å²) in [6, 6.07) is 39.0. The molecule has 0 saturated carbocycles. The van der Waals surface area contributed by atoms with Crippen LogP contribution in [-0.2, 0) is 42.8 Å². The quantitative estimate of drug-likeness (QED) is 0.0651. The molecule has 0 unspecified atom stereocenters. The van der Waals surface area contributed by atoms with Gasteiger partial charge in [0.25, 0.3) is 0 Å². The number of ether oxygens (including phenoxy) is 1. The van der Waals surface area contributed by atoms with Gasteiger partial charge in [0.15, 0.2) is 0 Å². The topological polar surface area (TPSA) is 224 Å². The van der Waals surface area contributed by atoms with Gasteiger partial charge in [-0.2, -0.15) is 17.2 Å². The predicted octanol–water partition coefficient (Wildman–Crippen LogP) is 8.22. The Morgan fingerprint density at radius 1 is 0.680 bits per heavy atom. The zero-order valence-corrected chi connectivity index (χ0v) is 29.7. The summed E-state index contributed by atoms with van der Waals surface area (Å²) in [4.78, 5) is 4.59. The number of hydrogen-bond acceptors (Lipinski definition) is 6. The van der Waals surface area contributed by atoms with Crippen LogP contribution in [0.4, 0.5) is 0 Å². The van der Waals surface area contributed by atoms with Crippen LogP contribution < -0.4 is 10.6 Å². The van der Waals surface area contributed by atoms with Crippen molar-refractivity contribution in [3.05, 3.63) is 122 Å². The van der Waals surface area contributed by atoms with Gasteiger partial charge >= 0.3 is 104 Å². The van der Waals surface area contributed by atoms with E-state index in [0.29, 0.717) is 11.5 Å². The summed E-state index contributed by atoms with van der Waals surface area (Å²) in [6.45, 7) is 0. The minimum Gasteiger partial charge on any atom is -0.509 e. The molecule has 4 aromatic carbocycles. The van der Waals surface area contributed by atoms with Crippen molar-refractivity contribution in [2.45, 2.75) is 0 Å². The third kappa shape index (κ3) is 8.47. The molecule has 0 amide bonds. The van der Waals surface area contributed by atoms with Crippen molar-refractivity contribution in [1.29, 1.82) is 0 Å². The Labute approximate surface area is 304 Å². The fraction of sp³-hybridized carbons (Fsp3) is 0. The molecule has 3 aromatic heterocycles. The zero-order chi connectivity index (χ0) is 33.7. The van der Waals surface area contributed by atoms with Gasteiger partial charge in [-0.05, 0) is 35.3 Å². The van der Waals surface area contributed by atoms with Crippen molar-refractivity contribution < 1.29 is 47.5 Å². The number of nitrogens with two attached hydrogens (primary N) is 1. The molecule has 0 aliphatic carbocycles. The van der Waals surface area contributed by atoms with Crippen LogP contribution in [0.25, 0.3) is 44.2 Å². The van der Waals surface area contributed by atoms with Crippen LogP contribution in [0.1, 0.15) is 0 Å². The van der Waals surface area contributed by atoms with E-state index in [4.69, 9.17) is 4.74 Å². The number of pyridine rings is 1. The van der Waals surface area contributed by atoms with Gasteiger partial charge in [-0.15, -0.1) is 35.7 Å². The van der Waals surface area contributed by atoms with E-state index in [-0.39, 0.29) is 21.1 Å². The van der Waals surface area contributed by atoms with Gasteiger partial charge < -0.3 is 9.30 Å². The Morgan fingerprint density at radius 3 is 2.14 bits per heavy atom. The molecule has 0 radical (unpaired) electrons. The number of aromatic nitrogens is 4. The summed E-state index contributed by atoms with van der Waals surface area (Å²) < 4.78 is 23.0. The van der Waals surface area contributed by atoms with E-state index in [9.17, 15) is 3.40 Å². The summed E-state index contributed by atoms with van der Waals surface area (Å²) in [5.74, 6) is 6.61. The van der Waals surface area contributed by atoms with Gasteiger partial charge in [-0.1, -0.05) is 48.0 Å². The Morgan fingerprint density at radius 2 is 1.38 bits per heavy atom. The maximum absolute atomic E-state index is 9.78. The summed E-state index contributed by atoms with van der Waals surface area (Å²) in [5, 5.41) is 37.1. The van der Waals surface area contributed by atoms with E-state index in [1.165, 1.54) is 0 Å². The average Bonchev–Trinajstić information content (AvgIpc) is 3.72. The van der Waals surface area contributed by atoms with E-state index in [1.807, 2.05) is 89.7 Å². The molecule has 3 heterocycles. The third-order valence-electron chi connectivity index (χ3n) is 6.54. The second-order valence-electron chi connectivity index (χ2n) is 9.28. The number of nitrogens with zero attached hydrogens (tertiary/aromatic N) is 15. The van der Waals surface area contributed by atoms with E-state index >= 15 is 0 Å². The molecule has 0 fully saturated rings. The molecule has 2 N–H and O–H groups in total. The Hall–Kier alpha value is -6.12. The third-order valence-corrected chi connectivity index (χ3v) is 6.93. The molecule has 50 heavy (non-hydrogen) atoms. The van der Waals surface area contributed by atoms with Crippen molar-refractivity contribution >= 4 is 32.7 Å². The van der Waals surface area contributed by atoms with Crippen molar-refractivity contribution in [1.82, 2.24) is 19.3 Å². The summed E-state index contributed by atoms with van der Waals surface area (Å²) in [7, 11) is 0. The van der Waals surface area contributed by atoms with Crippen LogP contribution in [0.3, 0.4) is 0 Å². The Kier molecular flexibility index (Phi) is 12.6. The van der Waals surface area contributed by atoms with Crippen molar-refractivity contribution in [2.75, 3.05) is 0 Å². The van der Waals surface area contributed by atoms with Gasteiger partial charge in [0.2, 0.25) is 0 Å². The molecule has 0 bridgehead atoms. The van der Waals surface area contributed by atoms with Crippen molar-refractivity contribution in [2.24, 2.45) is 61.7 Å². The molecule has 0 saturated heterocycles. The molecule has 0 spiro atoms. The SMILES string of the molecule is N/N=N/N=N/N=N/N=N/N=N/[N]=[Pt]=[O].[Pt+2].[c-]1c(Oc2[c-]c3c(cc2)c2ccccc2n3-c2ccccn2)cccc1-n1ncc2ccccc21. The van der Waals surface area contributed by atoms with E-state index in [2.05, 4.69) is 107 Å². The van der Waals surface area contributed by atoms with Crippen LogP contribution in [0.5, 0.6) is 11.5 Å². The molecular formula is C30H20N16O2Pt2. The van der Waals surface area contributed by atoms with Crippen LogP contribution in [0.15, 0.2) is 165 Å². The van der Waals surface area contributed by atoms with Crippen LogP contribution >= 0.6 is 0 Å². The first-order chi connectivity index (χ1) is 24.3. The first kappa shape index (κ1) is 35.2. The van der Waals surface area contributed by atoms with Crippen LogP contribution in [0.2, 0.25) is 0 Å². The molecule has 20 heteroatoms. The predicted molar refractivity (Wildman–Crippen MR) is 169 cm³/mol. The molecule has 7 rings (SSSR count). The first-order valence-corrected chi connectivity index (χ1v) is 15.8. The Balaban J connectivity index is 0.000000278. The van der Waals surface area contributed by atoms with E-state index < -0.39 is 18.3 Å². The van der Waals surface area contributed by atoms with Gasteiger partial charge in [-0.3, -0.25) is 4.68 Å². The minimum atomic E-state index is -1.55. The van der Waals surface area contributed by atoms with Gasteiger partial charge in [-0.25, -0.2) is 4.98 Å². The summed E-state index contributed by atoms with van der Waals surface area (Å²) in [5.41, 5.74) is 3.83. The summed E-state index contributed by atoms with van der Waals surface area (Å²) >= 11 is -1.55. The van der Waals surface area contributed by atoms with Gasteiger partial charge in [0, 0.05) is 28.6 Å². The maximum atomic E-state index is 9.78. The van der Waals surface area contributed by atoms with Crippen LogP contribution in [0, 0.1) is 12.1 Å². The average molecular weight is 1030 g/mol.